The van der Waals surface area contributed by atoms with E-state index in [9.17, 15) is 4.79 Å². The quantitative estimate of drug-likeness (QED) is 0.499. The lowest BCUT2D eigenvalue weighted by Gasteiger charge is -2.32. The van der Waals surface area contributed by atoms with Gasteiger partial charge in [0.05, 0.1) is 21.8 Å². The van der Waals surface area contributed by atoms with E-state index in [0.29, 0.717) is 11.8 Å². The Morgan fingerprint density at radius 1 is 1.12 bits per heavy atom. The van der Waals surface area contributed by atoms with Gasteiger partial charge in [0.15, 0.2) is 0 Å². The number of hydrogen-bond donors (Lipinski definition) is 2. The van der Waals surface area contributed by atoms with E-state index < -0.39 is 0 Å². The van der Waals surface area contributed by atoms with Crippen LogP contribution in [-0.4, -0.2) is 34.9 Å². The van der Waals surface area contributed by atoms with Gasteiger partial charge in [0, 0.05) is 6.54 Å². The highest BCUT2D eigenvalue weighted by Crippen LogP contribution is 2.34. The molecule has 1 saturated heterocycles. The van der Waals surface area contributed by atoms with Crippen molar-refractivity contribution in [2.24, 2.45) is 11.8 Å². The van der Waals surface area contributed by atoms with E-state index in [2.05, 4.69) is 50.4 Å². The highest BCUT2D eigenvalue weighted by molar-refractivity contribution is 8.04. The number of hydrogen-bond acceptors (Lipinski definition) is 4. The second-order valence-electron chi connectivity index (χ2n) is 8.81. The van der Waals surface area contributed by atoms with E-state index in [1.165, 1.54) is 36.6 Å². The molecule has 2 aromatic heterocycles. The molecule has 2 atom stereocenters. The normalized spacial score (nSPS) is 20.2. The van der Waals surface area contributed by atoms with Crippen LogP contribution in [0, 0.1) is 11.8 Å². The largest absolute Gasteiger partial charge is 0.351 e. The smallest absolute Gasteiger partial charge is 0.258 e. The van der Waals surface area contributed by atoms with Crippen molar-refractivity contribution in [1.82, 2.24) is 20.0 Å². The molecule has 1 aromatic carbocycles. The third-order valence-electron chi connectivity index (χ3n) is 6.66. The molecule has 0 bridgehead atoms. The number of rotatable bonds is 8. The number of unbranched alkanes of at least 4 members (excludes halogenated alkanes) is 1. The molecule has 3 aromatic rings. The number of carbonyl (C=O) groups excluding carboxylic acids is 1. The van der Waals surface area contributed by atoms with Crippen LogP contribution in [0.5, 0.6) is 0 Å². The Balaban J connectivity index is 1.13. The first-order valence-electron chi connectivity index (χ1n) is 11.7. The fourth-order valence-electron chi connectivity index (χ4n) is 4.87. The predicted octanol–water partition coefficient (Wildman–Crippen LogP) is 4.54. The van der Waals surface area contributed by atoms with Crippen LogP contribution in [0.15, 0.2) is 64.7 Å². The zero-order chi connectivity index (χ0) is 21.8. The maximum Gasteiger partial charge on any atom is 0.258 e. The van der Waals surface area contributed by atoms with E-state index in [-0.39, 0.29) is 5.91 Å². The van der Waals surface area contributed by atoms with Crippen LogP contribution < -0.4 is 10.6 Å². The summed E-state index contributed by atoms with van der Waals surface area (Å²) < 4.78 is 2.10. The molecule has 5 nitrogen and oxygen atoms in total. The van der Waals surface area contributed by atoms with E-state index in [0.717, 1.165) is 53.7 Å². The molecule has 6 heteroatoms. The standard InChI is InChI=1S/C26H30N4OS/c31-26(23-15-22-18-28-24-11-6-12-25(32-23)30(22)24)29-17-21-13-14-27-16-20(21)10-5-4-9-19-7-2-1-3-8-19/h1-3,6-8,11-12,15,18,20-21,27H,4-5,9-10,13-14,16-17H2,(H,29,31). The Kier molecular flexibility index (Phi) is 6.60. The van der Waals surface area contributed by atoms with E-state index in [1.807, 2.05) is 30.5 Å². The lowest BCUT2D eigenvalue weighted by atomic mass is 9.82. The molecule has 32 heavy (non-hydrogen) atoms. The first-order valence-corrected chi connectivity index (χ1v) is 12.5. The van der Waals surface area contributed by atoms with Gasteiger partial charge in [-0.05, 0) is 74.4 Å². The van der Waals surface area contributed by atoms with Crippen molar-refractivity contribution in [1.29, 1.82) is 0 Å². The summed E-state index contributed by atoms with van der Waals surface area (Å²) in [7, 11) is 0. The minimum Gasteiger partial charge on any atom is -0.351 e. The minimum atomic E-state index is 0.0285. The van der Waals surface area contributed by atoms with E-state index >= 15 is 0 Å². The van der Waals surface area contributed by atoms with Crippen molar-refractivity contribution in [3.05, 3.63) is 70.9 Å². The number of aryl methyl sites for hydroxylation is 1. The van der Waals surface area contributed by atoms with Crippen molar-refractivity contribution in [3.8, 4) is 0 Å². The van der Waals surface area contributed by atoms with Crippen molar-refractivity contribution in [3.63, 3.8) is 0 Å². The van der Waals surface area contributed by atoms with Crippen LogP contribution in [-0.2, 0) is 11.2 Å². The number of nitrogens with zero attached hydrogens (tertiary/aromatic N) is 2. The molecule has 5 rings (SSSR count). The molecule has 0 spiro atoms. The van der Waals surface area contributed by atoms with Gasteiger partial charge in [0.25, 0.3) is 5.91 Å². The topological polar surface area (TPSA) is 58.4 Å². The molecule has 2 unspecified atom stereocenters. The molecule has 166 valence electrons. The molecule has 0 radical (unpaired) electrons. The first kappa shape index (κ1) is 21.3. The Morgan fingerprint density at radius 2 is 2.03 bits per heavy atom. The highest BCUT2D eigenvalue weighted by Gasteiger charge is 2.26. The third-order valence-corrected chi connectivity index (χ3v) is 7.71. The lowest BCUT2D eigenvalue weighted by Crippen LogP contribution is -2.42. The number of piperidine rings is 1. The van der Waals surface area contributed by atoms with Crippen molar-refractivity contribution < 1.29 is 4.79 Å². The molecule has 4 heterocycles. The number of amides is 1. The van der Waals surface area contributed by atoms with Gasteiger partial charge in [-0.1, -0.05) is 54.6 Å². The van der Waals surface area contributed by atoms with E-state index in [1.54, 1.807) is 0 Å². The molecule has 2 aliphatic heterocycles. The van der Waals surface area contributed by atoms with Gasteiger partial charge in [-0.2, -0.15) is 0 Å². The summed E-state index contributed by atoms with van der Waals surface area (Å²) in [4.78, 5) is 18.2. The summed E-state index contributed by atoms with van der Waals surface area (Å²) in [5, 5.41) is 7.84. The Morgan fingerprint density at radius 3 is 2.94 bits per heavy atom. The summed E-state index contributed by atoms with van der Waals surface area (Å²) in [6.07, 6.45) is 9.75. The van der Waals surface area contributed by atoms with Crippen molar-refractivity contribution in [2.45, 2.75) is 37.1 Å². The molecular formula is C26H30N4OS. The number of imidazole rings is 1. The van der Waals surface area contributed by atoms with Gasteiger partial charge >= 0.3 is 0 Å². The molecule has 2 aliphatic rings. The summed E-state index contributed by atoms with van der Waals surface area (Å²) in [6, 6.07) is 16.8. The van der Waals surface area contributed by atoms with Crippen LogP contribution >= 0.6 is 11.8 Å². The van der Waals surface area contributed by atoms with Crippen LogP contribution in [0.2, 0.25) is 0 Å². The monoisotopic (exact) mass is 446 g/mol. The zero-order valence-electron chi connectivity index (χ0n) is 18.3. The number of aromatic nitrogens is 2. The fourth-order valence-corrected chi connectivity index (χ4v) is 5.88. The average Bonchev–Trinajstić information content (AvgIpc) is 3.26. The van der Waals surface area contributed by atoms with Crippen LogP contribution in [0.25, 0.3) is 11.7 Å². The number of thioether (sulfide) groups is 1. The number of pyridine rings is 1. The van der Waals surface area contributed by atoms with Crippen LogP contribution in [0.3, 0.4) is 0 Å². The minimum absolute atomic E-state index is 0.0285. The SMILES string of the molecule is O=C(NCC1CCNCC1CCCCc1ccccc1)C1=Cc2cnc3cccc(n23)S1. The Bertz CT molecular complexity index is 1110. The number of benzene rings is 1. The maximum absolute atomic E-state index is 13.0. The van der Waals surface area contributed by atoms with Crippen molar-refractivity contribution in [2.75, 3.05) is 19.6 Å². The van der Waals surface area contributed by atoms with E-state index in [4.69, 9.17) is 0 Å². The lowest BCUT2D eigenvalue weighted by molar-refractivity contribution is -0.117. The molecule has 1 amide bonds. The number of carbonyl (C=O) groups is 1. The summed E-state index contributed by atoms with van der Waals surface area (Å²) in [6.45, 7) is 2.86. The van der Waals surface area contributed by atoms with Gasteiger partial charge in [0.2, 0.25) is 0 Å². The zero-order valence-corrected chi connectivity index (χ0v) is 19.1. The third kappa shape index (κ3) is 4.76. The molecule has 1 fully saturated rings. The van der Waals surface area contributed by atoms with Gasteiger partial charge in [-0.25, -0.2) is 4.98 Å². The van der Waals surface area contributed by atoms with Gasteiger partial charge < -0.3 is 10.6 Å². The summed E-state index contributed by atoms with van der Waals surface area (Å²) >= 11 is 1.52. The molecule has 0 saturated carbocycles. The second kappa shape index (κ2) is 9.92. The van der Waals surface area contributed by atoms with Gasteiger partial charge in [-0.3, -0.25) is 9.20 Å². The fraction of sp³-hybridized carbons (Fsp3) is 0.385. The van der Waals surface area contributed by atoms with Gasteiger partial charge in [-0.15, -0.1) is 0 Å². The Labute approximate surface area is 193 Å². The first-order chi connectivity index (χ1) is 15.8. The second-order valence-corrected chi connectivity index (χ2v) is 9.87. The predicted molar refractivity (Wildman–Crippen MR) is 130 cm³/mol. The molecule has 0 aliphatic carbocycles. The maximum atomic E-state index is 13.0. The van der Waals surface area contributed by atoms with Crippen molar-refractivity contribution >= 4 is 29.4 Å². The average molecular weight is 447 g/mol. The van der Waals surface area contributed by atoms with Crippen LogP contribution in [0.4, 0.5) is 0 Å². The van der Waals surface area contributed by atoms with Crippen LogP contribution in [0.1, 0.15) is 36.9 Å². The summed E-state index contributed by atoms with van der Waals surface area (Å²) in [5.74, 6) is 1.20. The summed E-state index contributed by atoms with van der Waals surface area (Å²) in [5.41, 5.74) is 3.32. The Hall–Kier alpha value is -2.57. The van der Waals surface area contributed by atoms with Gasteiger partial charge in [0.1, 0.15) is 5.65 Å². The molecule has 2 N–H and O–H groups in total. The highest BCUT2D eigenvalue weighted by atomic mass is 32.2. The molecular weight excluding hydrogens is 416 g/mol. The number of nitrogens with one attached hydrogen (secondary N) is 2.